The molecule has 0 aliphatic carbocycles. The second kappa shape index (κ2) is 11.1. The molecule has 0 bridgehead atoms. The SMILES string of the molecule is C=c1cccc/c1=C/[N+](F)=C(C)C.CC.CC. The van der Waals surface area contributed by atoms with Crippen LogP contribution in [0.5, 0.6) is 0 Å². The van der Waals surface area contributed by atoms with Crippen molar-refractivity contribution in [2.75, 3.05) is 0 Å². The van der Waals surface area contributed by atoms with E-state index in [4.69, 9.17) is 0 Å². The van der Waals surface area contributed by atoms with Gasteiger partial charge in [0.2, 0.25) is 11.9 Å². The first-order valence-electron chi connectivity index (χ1n) is 6.12. The lowest BCUT2D eigenvalue weighted by molar-refractivity contribution is -0.625. The average molecular weight is 238 g/mol. The lowest BCUT2D eigenvalue weighted by Gasteiger charge is -1.84. The Morgan fingerprint density at radius 1 is 1.12 bits per heavy atom. The molecule has 1 nitrogen and oxygen atoms in total. The quantitative estimate of drug-likeness (QED) is 0.522. The molecule has 2 heteroatoms. The predicted molar refractivity (Wildman–Crippen MR) is 76.1 cm³/mol. The predicted octanol–water partition coefficient (Wildman–Crippen LogP) is 3.27. The topological polar surface area (TPSA) is 3.01 Å². The summed E-state index contributed by atoms with van der Waals surface area (Å²) in [6.45, 7) is 15.2. The third-order valence-electron chi connectivity index (χ3n) is 1.73. The fourth-order valence-corrected chi connectivity index (χ4v) is 0.911. The molecule has 0 heterocycles. The second-order valence-electron chi connectivity index (χ2n) is 3.09. The molecule has 96 valence electrons. The summed E-state index contributed by atoms with van der Waals surface area (Å²) < 4.78 is 13.1. The molecule has 0 spiro atoms. The molecule has 0 radical (unpaired) electrons. The van der Waals surface area contributed by atoms with Crippen molar-refractivity contribution in [3.05, 3.63) is 34.7 Å². The summed E-state index contributed by atoms with van der Waals surface area (Å²) in [5.41, 5.74) is 0.600. The summed E-state index contributed by atoms with van der Waals surface area (Å²) in [5, 5.41) is 1.62. The fourth-order valence-electron chi connectivity index (χ4n) is 0.911. The van der Waals surface area contributed by atoms with Gasteiger partial charge in [-0.3, -0.25) is 0 Å². The number of hydrogen-bond donors (Lipinski definition) is 0. The Bertz CT molecular complexity index is 428. The van der Waals surface area contributed by atoms with Gasteiger partial charge in [0.15, 0.2) is 0 Å². The van der Waals surface area contributed by atoms with Crippen LogP contribution in [0.15, 0.2) is 24.3 Å². The second-order valence-corrected chi connectivity index (χ2v) is 3.09. The Labute approximate surface area is 105 Å². The van der Waals surface area contributed by atoms with E-state index in [1.807, 2.05) is 52.0 Å². The van der Waals surface area contributed by atoms with Crippen LogP contribution in [0, 0.1) is 0 Å². The van der Waals surface area contributed by atoms with Crippen molar-refractivity contribution in [2.45, 2.75) is 41.5 Å². The van der Waals surface area contributed by atoms with E-state index in [1.54, 1.807) is 13.8 Å². The van der Waals surface area contributed by atoms with E-state index < -0.39 is 0 Å². The van der Waals surface area contributed by atoms with E-state index in [9.17, 15) is 4.48 Å². The highest BCUT2D eigenvalue weighted by molar-refractivity contribution is 5.74. The van der Waals surface area contributed by atoms with E-state index in [0.29, 0.717) is 10.5 Å². The number of hydrogen-bond acceptors (Lipinski definition) is 0. The van der Waals surface area contributed by atoms with Crippen LogP contribution in [0.3, 0.4) is 0 Å². The molecule has 0 aliphatic rings. The van der Waals surface area contributed by atoms with E-state index in [2.05, 4.69) is 6.58 Å². The van der Waals surface area contributed by atoms with Crippen LogP contribution in [-0.2, 0) is 0 Å². The van der Waals surface area contributed by atoms with E-state index in [1.165, 1.54) is 6.20 Å². The molecule has 0 atom stereocenters. The molecular weight excluding hydrogens is 213 g/mol. The van der Waals surface area contributed by atoms with E-state index in [-0.39, 0.29) is 0 Å². The molecule has 1 aromatic rings. The van der Waals surface area contributed by atoms with E-state index >= 15 is 0 Å². The van der Waals surface area contributed by atoms with Crippen LogP contribution < -0.4 is 10.4 Å². The first kappa shape index (κ1) is 17.9. The maximum Gasteiger partial charge on any atom is 0.226 e. The molecule has 0 saturated heterocycles. The molecule has 1 rings (SSSR count). The Balaban J connectivity index is 0. The van der Waals surface area contributed by atoms with Gasteiger partial charge in [0, 0.05) is 23.9 Å². The lowest BCUT2D eigenvalue weighted by Crippen LogP contribution is -2.23. The maximum atomic E-state index is 13.1. The van der Waals surface area contributed by atoms with Crippen LogP contribution >= 0.6 is 0 Å². The monoisotopic (exact) mass is 238 g/mol. The van der Waals surface area contributed by atoms with Gasteiger partial charge in [-0.2, -0.15) is 0 Å². The summed E-state index contributed by atoms with van der Waals surface area (Å²) in [6, 6.07) is 7.42. The van der Waals surface area contributed by atoms with Crippen molar-refractivity contribution in [2.24, 2.45) is 0 Å². The van der Waals surface area contributed by atoms with Gasteiger partial charge in [-0.25, -0.2) is 0 Å². The normalized spacial score (nSPS) is 9.47. The minimum Gasteiger partial charge on any atom is -0.0909 e. The molecule has 0 aromatic heterocycles. The zero-order valence-electron chi connectivity index (χ0n) is 11.9. The summed E-state index contributed by atoms with van der Waals surface area (Å²) in [4.78, 5) is 0.601. The van der Waals surface area contributed by atoms with Gasteiger partial charge in [-0.15, -0.1) is 0 Å². The van der Waals surface area contributed by atoms with Crippen LogP contribution in [0.1, 0.15) is 41.5 Å². The fraction of sp³-hybridized carbons (Fsp3) is 0.400. The summed E-state index contributed by atoms with van der Waals surface area (Å²) in [6.07, 6.45) is 1.43. The highest BCUT2D eigenvalue weighted by Crippen LogP contribution is 1.81. The number of nitrogens with zero attached hydrogens (tertiary/aromatic N) is 1. The van der Waals surface area contributed by atoms with Gasteiger partial charge in [-0.05, 0) is 11.3 Å². The Hall–Kier alpha value is -1.44. The molecule has 1 aromatic carbocycles. The molecule has 0 fully saturated rings. The van der Waals surface area contributed by atoms with Crippen LogP contribution in [0.2, 0.25) is 0 Å². The zero-order chi connectivity index (χ0) is 13.8. The third-order valence-corrected chi connectivity index (χ3v) is 1.73. The maximum absolute atomic E-state index is 13.1. The standard InChI is InChI=1S/C11H13FN.2C2H6/c1-9(2)13(12)8-11-7-5-4-6-10(11)3;2*1-2/h4-8H,3H2,1-2H3;2*1-2H3/q+1;;/b11-8-;;. The van der Waals surface area contributed by atoms with Gasteiger partial charge >= 0.3 is 0 Å². The van der Waals surface area contributed by atoms with Crippen molar-refractivity contribution in [3.63, 3.8) is 0 Å². The molecule has 0 saturated carbocycles. The highest BCUT2D eigenvalue weighted by atomic mass is 19.2. The molecule has 0 unspecified atom stereocenters. The minimum absolute atomic E-state index is 0.600. The molecule has 0 aliphatic heterocycles. The zero-order valence-corrected chi connectivity index (χ0v) is 11.9. The molecule has 17 heavy (non-hydrogen) atoms. The van der Waals surface area contributed by atoms with Gasteiger partial charge in [0.1, 0.15) is 0 Å². The largest absolute Gasteiger partial charge is 0.226 e. The van der Waals surface area contributed by atoms with Crippen LogP contribution in [0.25, 0.3) is 12.8 Å². The highest BCUT2D eigenvalue weighted by Gasteiger charge is 1.99. The Kier molecular flexibility index (Phi) is 11.7. The van der Waals surface area contributed by atoms with Gasteiger partial charge in [-0.1, -0.05) is 52.5 Å². The van der Waals surface area contributed by atoms with Gasteiger partial charge < -0.3 is 0 Å². The van der Waals surface area contributed by atoms with Crippen molar-refractivity contribution in [1.29, 1.82) is 0 Å². The smallest absolute Gasteiger partial charge is 0.0909 e. The van der Waals surface area contributed by atoms with Gasteiger partial charge in [0.25, 0.3) is 0 Å². The minimum atomic E-state index is 0.600. The third kappa shape index (κ3) is 7.45. The number of rotatable bonds is 1. The Morgan fingerprint density at radius 2 is 1.59 bits per heavy atom. The lowest BCUT2D eigenvalue weighted by atomic mass is 10.2. The van der Waals surface area contributed by atoms with E-state index in [0.717, 1.165) is 10.4 Å². The van der Waals surface area contributed by atoms with Gasteiger partial charge in [0.05, 0.1) is 4.48 Å². The average Bonchev–Trinajstić information content (AvgIpc) is 2.37. The van der Waals surface area contributed by atoms with Crippen molar-refractivity contribution >= 4 is 18.5 Å². The summed E-state index contributed by atoms with van der Waals surface area (Å²) in [7, 11) is 0. The summed E-state index contributed by atoms with van der Waals surface area (Å²) >= 11 is 0. The Morgan fingerprint density at radius 3 is 2.00 bits per heavy atom. The van der Waals surface area contributed by atoms with Crippen LogP contribution in [-0.4, -0.2) is 10.5 Å². The van der Waals surface area contributed by atoms with Crippen LogP contribution in [0.4, 0.5) is 4.48 Å². The number of benzene rings is 1. The van der Waals surface area contributed by atoms with Crippen molar-refractivity contribution in [3.8, 4) is 0 Å². The molecule has 0 N–H and O–H groups in total. The first-order chi connectivity index (χ1) is 8.11. The first-order valence-corrected chi connectivity index (χ1v) is 6.12. The summed E-state index contributed by atoms with van der Waals surface area (Å²) in [5.74, 6) is 0. The molecular formula is C15H25FN+. The van der Waals surface area contributed by atoms with Crippen molar-refractivity contribution in [1.82, 2.24) is 0 Å². The molecule has 0 amide bonds. The number of halogens is 1. The van der Waals surface area contributed by atoms with Crippen molar-refractivity contribution < 1.29 is 9.28 Å².